The number of thiazole rings is 1. The predicted molar refractivity (Wildman–Crippen MR) is 92.2 cm³/mol. The smallest absolute Gasteiger partial charge is 0.347 e. The molecule has 0 unspecified atom stereocenters. The number of carboxylic acids is 1. The van der Waals surface area contributed by atoms with Gasteiger partial charge in [0, 0.05) is 5.02 Å². The number of benzene rings is 1. The van der Waals surface area contributed by atoms with Gasteiger partial charge in [-0.05, 0) is 37.6 Å². The number of rotatable bonds is 7. The van der Waals surface area contributed by atoms with Crippen LogP contribution in [0.2, 0.25) is 5.02 Å². The summed E-state index contributed by atoms with van der Waals surface area (Å²) < 4.78 is 5.53. The summed E-state index contributed by atoms with van der Waals surface area (Å²) in [5.41, 5.74) is 1.35. The van der Waals surface area contributed by atoms with Crippen LogP contribution in [-0.2, 0) is 11.2 Å². The zero-order chi connectivity index (χ0) is 17.7. The highest BCUT2D eigenvalue weighted by atomic mass is 35.5. The summed E-state index contributed by atoms with van der Waals surface area (Å²) in [6.45, 7) is 4.17. The number of aryl methyl sites for hydroxylation is 2. The lowest BCUT2D eigenvalue weighted by Crippen LogP contribution is -2.29. The molecule has 1 amide bonds. The van der Waals surface area contributed by atoms with E-state index in [1.165, 1.54) is 0 Å². The maximum atomic E-state index is 11.8. The first-order chi connectivity index (χ1) is 11.4. The number of aromatic carboxylic acids is 1. The second-order valence-corrected chi connectivity index (χ2v) is 6.60. The summed E-state index contributed by atoms with van der Waals surface area (Å²) in [5, 5.41) is 12.8. The van der Waals surface area contributed by atoms with Crippen molar-refractivity contribution in [3.8, 4) is 5.75 Å². The highest BCUT2D eigenvalue weighted by Gasteiger charge is 2.15. The van der Waals surface area contributed by atoms with Crippen molar-refractivity contribution in [2.75, 3.05) is 13.2 Å². The summed E-state index contributed by atoms with van der Waals surface area (Å²) in [4.78, 5) is 27.1. The Morgan fingerprint density at radius 1 is 1.38 bits per heavy atom. The van der Waals surface area contributed by atoms with Crippen LogP contribution in [0, 0.1) is 13.8 Å². The molecule has 0 atom stereocenters. The average molecular weight is 369 g/mol. The number of carbonyl (C=O) groups is 2. The Hall–Kier alpha value is -2.12. The molecule has 2 N–H and O–H groups in total. The van der Waals surface area contributed by atoms with E-state index in [4.69, 9.17) is 21.4 Å². The normalized spacial score (nSPS) is 10.5. The van der Waals surface area contributed by atoms with Crippen molar-refractivity contribution in [2.45, 2.75) is 20.3 Å². The summed E-state index contributed by atoms with van der Waals surface area (Å²) in [7, 11) is 0. The Morgan fingerprint density at radius 3 is 2.75 bits per heavy atom. The molecule has 1 aromatic carbocycles. The molecule has 0 aliphatic rings. The van der Waals surface area contributed by atoms with Gasteiger partial charge in [0.1, 0.15) is 22.2 Å². The molecule has 0 spiro atoms. The first-order valence-corrected chi connectivity index (χ1v) is 8.41. The van der Waals surface area contributed by atoms with Crippen molar-refractivity contribution in [3.05, 3.63) is 44.4 Å². The minimum atomic E-state index is -1.02. The molecule has 6 nitrogen and oxygen atoms in total. The Labute approximate surface area is 148 Å². The predicted octanol–water partition coefficient (Wildman–Crippen LogP) is 2.85. The van der Waals surface area contributed by atoms with Crippen molar-refractivity contribution >= 4 is 34.8 Å². The molecule has 1 aromatic heterocycles. The van der Waals surface area contributed by atoms with Gasteiger partial charge in [0.2, 0.25) is 5.91 Å². The lowest BCUT2D eigenvalue weighted by Gasteiger charge is -2.08. The number of ether oxygens (including phenoxy) is 1. The van der Waals surface area contributed by atoms with Crippen LogP contribution in [0.25, 0.3) is 0 Å². The van der Waals surface area contributed by atoms with E-state index in [1.54, 1.807) is 19.1 Å². The zero-order valence-corrected chi connectivity index (χ0v) is 14.8. The molecule has 0 saturated heterocycles. The van der Waals surface area contributed by atoms with E-state index in [2.05, 4.69) is 10.3 Å². The molecule has 0 radical (unpaired) electrons. The van der Waals surface area contributed by atoms with Gasteiger partial charge >= 0.3 is 5.97 Å². The zero-order valence-electron chi connectivity index (χ0n) is 13.3. The highest BCUT2D eigenvalue weighted by molar-refractivity contribution is 7.13. The van der Waals surface area contributed by atoms with Gasteiger partial charge in [-0.25, -0.2) is 9.78 Å². The molecule has 0 aliphatic heterocycles. The van der Waals surface area contributed by atoms with Crippen LogP contribution in [-0.4, -0.2) is 35.1 Å². The van der Waals surface area contributed by atoms with E-state index in [0.29, 0.717) is 34.6 Å². The SMILES string of the molecule is Cc1cc(OCCNC(=O)Cc2nc(C)c(C(=O)O)s2)ccc1Cl. The van der Waals surface area contributed by atoms with Crippen LogP contribution in [0.4, 0.5) is 0 Å². The number of aromatic nitrogens is 1. The number of amides is 1. The van der Waals surface area contributed by atoms with Gasteiger partial charge in [0.25, 0.3) is 0 Å². The molecule has 2 rings (SSSR count). The Bertz CT molecular complexity index is 761. The Morgan fingerprint density at radius 2 is 2.12 bits per heavy atom. The number of halogens is 1. The van der Waals surface area contributed by atoms with Gasteiger partial charge in [-0.1, -0.05) is 11.6 Å². The van der Waals surface area contributed by atoms with Crippen LogP contribution >= 0.6 is 22.9 Å². The molecule has 128 valence electrons. The summed E-state index contributed by atoms with van der Waals surface area (Å²) in [6.07, 6.45) is 0.0544. The number of nitrogens with zero attached hydrogens (tertiary/aromatic N) is 1. The van der Waals surface area contributed by atoms with E-state index in [9.17, 15) is 9.59 Å². The highest BCUT2D eigenvalue weighted by Crippen LogP contribution is 2.21. The molecular weight excluding hydrogens is 352 g/mol. The lowest BCUT2D eigenvalue weighted by atomic mass is 10.2. The quantitative estimate of drug-likeness (QED) is 0.733. The summed E-state index contributed by atoms with van der Waals surface area (Å²) >= 11 is 6.96. The second kappa shape index (κ2) is 8.12. The number of carbonyl (C=O) groups excluding carboxylic acids is 1. The molecule has 0 aliphatic carbocycles. The molecule has 2 aromatic rings. The third-order valence-electron chi connectivity index (χ3n) is 3.17. The third-order valence-corrected chi connectivity index (χ3v) is 4.74. The van der Waals surface area contributed by atoms with Crippen molar-refractivity contribution in [1.82, 2.24) is 10.3 Å². The number of nitrogens with one attached hydrogen (secondary N) is 1. The fourth-order valence-electron chi connectivity index (χ4n) is 1.99. The largest absolute Gasteiger partial charge is 0.492 e. The van der Waals surface area contributed by atoms with Crippen LogP contribution < -0.4 is 10.1 Å². The van der Waals surface area contributed by atoms with E-state index in [1.807, 2.05) is 13.0 Å². The van der Waals surface area contributed by atoms with Crippen LogP contribution in [0.5, 0.6) is 5.75 Å². The van der Waals surface area contributed by atoms with E-state index < -0.39 is 5.97 Å². The molecule has 8 heteroatoms. The molecule has 0 saturated carbocycles. The minimum Gasteiger partial charge on any atom is -0.492 e. The van der Waals surface area contributed by atoms with E-state index in [-0.39, 0.29) is 17.2 Å². The Balaban J connectivity index is 1.76. The van der Waals surface area contributed by atoms with Crippen molar-refractivity contribution in [2.24, 2.45) is 0 Å². The van der Waals surface area contributed by atoms with Gasteiger partial charge in [-0.15, -0.1) is 11.3 Å². The molecule has 0 bridgehead atoms. The van der Waals surface area contributed by atoms with Crippen LogP contribution in [0.15, 0.2) is 18.2 Å². The number of hydrogen-bond acceptors (Lipinski definition) is 5. The van der Waals surface area contributed by atoms with E-state index in [0.717, 1.165) is 16.9 Å². The van der Waals surface area contributed by atoms with Crippen molar-refractivity contribution in [1.29, 1.82) is 0 Å². The maximum absolute atomic E-state index is 11.8. The summed E-state index contributed by atoms with van der Waals surface area (Å²) in [6, 6.07) is 5.36. The van der Waals surface area contributed by atoms with E-state index >= 15 is 0 Å². The summed E-state index contributed by atoms with van der Waals surface area (Å²) in [5.74, 6) is -0.562. The minimum absolute atomic E-state index is 0.0544. The number of carboxylic acid groups (broad SMARTS) is 1. The first-order valence-electron chi connectivity index (χ1n) is 7.22. The van der Waals surface area contributed by atoms with Crippen molar-refractivity contribution in [3.63, 3.8) is 0 Å². The molecule has 1 heterocycles. The lowest BCUT2D eigenvalue weighted by molar-refractivity contribution is -0.120. The number of hydrogen-bond donors (Lipinski definition) is 2. The van der Waals surface area contributed by atoms with Crippen LogP contribution in [0.1, 0.15) is 25.9 Å². The average Bonchev–Trinajstić information content (AvgIpc) is 2.88. The van der Waals surface area contributed by atoms with Gasteiger partial charge in [0.05, 0.1) is 18.7 Å². The van der Waals surface area contributed by atoms with Crippen molar-refractivity contribution < 1.29 is 19.4 Å². The monoisotopic (exact) mass is 368 g/mol. The third kappa shape index (κ3) is 4.94. The van der Waals surface area contributed by atoms with Gasteiger partial charge in [0.15, 0.2) is 0 Å². The fourth-order valence-corrected chi connectivity index (χ4v) is 3.01. The van der Waals surface area contributed by atoms with Gasteiger partial charge in [-0.3, -0.25) is 4.79 Å². The van der Waals surface area contributed by atoms with Gasteiger partial charge in [-0.2, -0.15) is 0 Å². The van der Waals surface area contributed by atoms with Gasteiger partial charge < -0.3 is 15.2 Å². The second-order valence-electron chi connectivity index (χ2n) is 5.11. The maximum Gasteiger partial charge on any atom is 0.347 e. The first kappa shape index (κ1) is 18.2. The molecule has 0 fully saturated rings. The topological polar surface area (TPSA) is 88.5 Å². The molecular formula is C16H17ClN2O4S. The fraction of sp³-hybridized carbons (Fsp3) is 0.312. The standard InChI is InChI=1S/C16H17ClN2O4S/c1-9-7-11(3-4-12(9)17)23-6-5-18-13(20)8-14-19-10(2)15(24-14)16(21)22/h3-4,7H,5-6,8H2,1-2H3,(H,18,20)(H,21,22). The Kier molecular flexibility index (Phi) is 6.16. The van der Waals surface area contributed by atoms with Crippen LogP contribution in [0.3, 0.4) is 0 Å². The molecule has 24 heavy (non-hydrogen) atoms.